The van der Waals surface area contributed by atoms with Gasteiger partial charge in [0, 0.05) is 18.0 Å². The minimum atomic E-state index is -0.305. The molecule has 0 bridgehead atoms. The van der Waals surface area contributed by atoms with Crippen LogP contribution in [0.25, 0.3) is 0 Å². The molecule has 5 heteroatoms. The molecule has 106 valence electrons. The van der Waals surface area contributed by atoms with Crippen molar-refractivity contribution in [2.75, 3.05) is 5.88 Å². The molecule has 0 saturated carbocycles. The SMILES string of the molecule is CC(C)Oc1ccc(=O)n(C(CCl)c2ccccc2)n1. The average Bonchev–Trinajstić information content (AvgIpc) is 2.44. The summed E-state index contributed by atoms with van der Waals surface area (Å²) in [6.45, 7) is 3.82. The molecule has 0 N–H and O–H groups in total. The Kier molecular flexibility index (Phi) is 4.79. The fourth-order valence-corrected chi connectivity index (χ4v) is 2.22. The van der Waals surface area contributed by atoms with E-state index in [0.717, 1.165) is 5.56 Å². The number of hydrogen-bond acceptors (Lipinski definition) is 3. The quantitative estimate of drug-likeness (QED) is 0.796. The van der Waals surface area contributed by atoms with Crippen LogP contribution in [0.2, 0.25) is 0 Å². The second kappa shape index (κ2) is 6.57. The van der Waals surface area contributed by atoms with Crippen LogP contribution in [0.1, 0.15) is 25.5 Å². The fourth-order valence-electron chi connectivity index (χ4n) is 1.91. The first kappa shape index (κ1) is 14.6. The second-order valence-corrected chi connectivity index (χ2v) is 5.01. The lowest BCUT2D eigenvalue weighted by Crippen LogP contribution is -2.29. The standard InChI is InChI=1S/C15H17ClN2O2/c1-11(2)20-14-8-9-15(19)18(17-14)13(10-16)12-6-4-3-5-7-12/h3-9,11,13H,10H2,1-2H3. The molecule has 2 rings (SSSR count). The molecule has 0 saturated heterocycles. The molecule has 1 atom stereocenters. The Morgan fingerprint density at radius 2 is 1.90 bits per heavy atom. The van der Waals surface area contributed by atoms with Crippen molar-refractivity contribution in [3.8, 4) is 5.88 Å². The van der Waals surface area contributed by atoms with Crippen LogP contribution in [-0.2, 0) is 0 Å². The Morgan fingerprint density at radius 3 is 2.50 bits per heavy atom. The average molecular weight is 293 g/mol. The monoisotopic (exact) mass is 292 g/mol. The first-order valence-electron chi connectivity index (χ1n) is 6.49. The molecule has 0 amide bonds. The first-order chi connectivity index (χ1) is 9.61. The number of halogens is 1. The van der Waals surface area contributed by atoms with Crippen LogP contribution in [0.4, 0.5) is 0 Å². The van der Waals surface area contributed by atoms with Crippen LogP contribution in [0.3, 0.4) is 0 Å². The van der Waals surface area contributed by atoms with Crippen molar-refractivity contribution in [2.24, 2.45) is 0 Å². The van der Waals surface area contributed by atoms with Crippen molar-refractivity contribution in [1.29, 1.82) is 0 Å². The van der Waals surface area contributed by atoms with Gasteiger partial charge in [0.05, 0.1) is 12.1 Å². The number of hydrogen-bond donors (Lipinski definition) is 0. The summed E-state index contributed by atoms with van der Waals surface area (Å²) >= 11 is 6.03. The number of alkyl halides is 1. The number of benzene rings is 1. The smallest absolute Gasteiger partial charge is 0.267 e. The highest BCUT2D eigenvalue weighted by Crippen LogP contribution is 2.18. The van der Waals surface area contributed by atoms with Crippen LogP contribution in [0.5, 0.6) is 5.88 Å². The largest absolute Gasteiger partial charge is 0.474 e. The lowest BCUT2D eigenvalue weighted by Gasteiger charge is -2.17. The minimum Gasteiger partial charge on any atom is -0.474 e. The molecule has 2 aromatic rings. The van der Waals surface area contributed by atoms with Crippen molar-refractivity contribution in [3.63, 3.8) is 0 Å². The first-order valence-corrected chi connectivity index (χ1v) is 7.02. The van der Waals surface area contributed by atoms with Gasteiger partial charge in [-0.25, -0.2) is 4.68 Å². The van der Waals surface area contributed by atoms with E-state index in [0.29, 0.717) is 5.88 Å². The number of nitrogens with zero attached hydrogens (tertiary/aromatic N) is 2. The molecule has 1 aromatic heterocycles. The highest BCUT2D eigenvalue weighted by molar-refractivity contribution is 6.18. The van der Waals surface area contributed by atoms with Gasteiger partial charge in [-0.05, 0) is 19.4 Å². The van der Waals surface area contributed by atoms with Crippen LogP contribution in [-0.4, -0.2) is 21.8 Å². The van der Waals surface area contributed by atoms with E-state index in [4.69, 9.17) is 16.3 Å². The van der Waals surface area contributed by atoms with Gasteiger partial charge in [0.2, 0.25) is 5.88 Å². The third-order valence-corrected chi connectivity index (χ3v) is 3.08. The highest BCUT2D eigenvalue weighted by Gasteiger charge is 2.16. The summed E-state index contributed by atoms with van der Waals surface area (Å²) in [6, 6.07) is 12.3. The van der Waals surface area contributed by atoms with E-state index in [9.17, 15) is 4.79 Å². The van der Waals surface area contributed by atoms with Gasteiger partial charge in [0.25, 0.3) is 5.56 Å². The Hall–Kier alpha value is -1.81. The van der Waals surface area contributed by atoms with Gasteiger partial charge in [0.15, 0.2) is 0 Å². The molecular formula is C15H17ClN2O2. The predicted molar refractivity (Wildman–Crippen MR) is 79.6 cm³/mol. The summed E-state index contributed by atoms with van der Waals surface area (Å²) in [5, 5.41) is 4.26. The minimum absolute atomic E-state index is 0.000344. The Balaban J connectivity index is 2.41. The predicted octanol–water partition coefficient (Wildman–Crippen LogP) is 2.86. The highest BCUT2D eigenvalue weighted by atomic mass is 35.5. The third-order valence-electron chi connectivity index (χ3n) is 2.78. The van der Waals surface area contributed by atoms with E-state index >= 15 is 0 Å². The van der Waals surface area contributed by atoms with Gasteiger partial charge in [0.1, 0.15) is 0 Å². The molecule has 0 aliphatic rings. The van der Waals surface area contributed by atoms with Gasteiger partial charge < -0.3 is 4.74 Å². The summed E-state index contributed by atoms with van der Waals surface area (Å²) in [5.41, 5.74) is 0.745. The zero-order valence-corrected chi connectivity index (χ0v) is 12.2. The van der Waals surface area contributed by atoms with Crippen LogP contribution < -0.4 is 10.3 Å². The summed E-state index contributed by atoms with van der Waals surface area (Å²) in [5.74, 6) is 0.688. The van der Waals surface area contributed by atoms with Crippen molar-refractivity contribution < 1.29 is 4.74 Å². The van der Waals surface area contributed by atoms with E-state index < -0.39 is 0 Å². The Labute approximate surface area is 123 Å². The Bertz CT molecular complexity index is 611. The molecule has 1 aromatic carbocycles. The second-order valence-electron chi connectivity index (χ2n) is 4.70. The lowest BCUT2D eigenvalue weighted by molar-refractivity contribution is 0.224. The molecule has 0 radical (unpaired) electrons. The van der Waals surface area contributed by atoms with Crippen molar-refractivity contribution in [2.45, 2.75) is 26.0 Å². The van der Waals surface area contributed by atoms with Crippen molar-refractivity contribution in [3.05, 3.63) is 58.4 Å². The maximum Gasteiger partial charge on any atom is 0.267 e. The molecule has 0 aliphatic carbocycles. The van der Waals surface area contributed by atoms with Crippen LogP contribution in [0, 0.1) is 0 Å². The van der Waals surface area contributed by atoms with Crippen LogP contribution in [0.15, 0.2) is 47.3 Å². The zero-order chi connectivity index (χ0) is 14.5. The fraction of sp³-hybridized carbons (Fsp3) is 0.333. The number of rotatable bonds is 5. The van der Waals surface area contributed by atoms with E-state index in [-0.39, 0.29) is 23.6 Å². The summed E-state index contributed by atoms with van der Waals surface area (Å²) in [4.78, 5) is 12.0. The number of ether oxygens (including phenoxy) is 1. The third kappa shape index (κ3) is 3.39. The summed E-state index contributed by atoms with van der Waals surface area (Å²) < 4.78 is 6.90. The Morgan fingerprint density at radius 1 is 1.20 bits per heavy atom. The van der Waals surface area contributed by atoms with Gasteiger partial charge >= 0.3 is 0 Å². The van der Waals surface area contributed by atoms with Crippen LogP contribution >= 0.6 is 11.6 Å². The molecule has 0 spiro atoms. The molecule has 0 fully saturated rings. The van der Waals surface area contributed by atoms with Gasteiger partial charge in [-0.3, -0.25) is 4.79 Å². The molecule has 20 heavy (non-hydrogen) atoms. The van der Waals surface area contributed by atoms with E-state index in [1.165, 1.54) is 10.7 Å². The van der Waals surface area contributed by atoms with Crippen molar-refractivity contribution in [1.82, 2.24) is 9.78 Å². The van der Waals surface area contributed by atoms with Gasteiger partial charge in [-0.1, -0.05) is 30.3 Å². The van der Waals surface area contributed by atoms with Crippen molar-refractivity contribution >= 4 is 11.6 Å². The summed E-state index contributed by atoms with van der Waals surface area (Å²) in [7, 11) is 0. The van der Waals surface area contributed by atoms with E-state index in [1.54, 1.807) is 6.07 Å². The molecule has 1 heterocycles. The van der Waals surface area contributed by atoms with Gasteiger partial charge in [-0.2, -0.15) is 0 Å². The number of aromatic nitrogens is 2. The van der Waals surface area contributed by atoms with E-state index in [1.807, 2.05) is 44.2 Å². The maximum atomic E-state index is 12.0. The molecular weight excluding hydrogens is 276 g/mol. The summed E-state index contributed by atoms with van der Waals surface area (Å²) in [6.07, 6.45) is -0.000344. The molecule has 1 unspecified atom stereocenters. The normalized spacial score (nSPS) is 12.4. The molecule has 0 aliphatic heterocycles. The topological polar surface area (TPSA) is 44.1 Å². The molecule has 4 nitrogen and oxygen atoms in total. The van der Waals surface area contributed by atoms with E-state index in [2.05, 4.69) is 5.10 Å². The lowest BCUT2D eigenvalue weighted by atomic mass is 10.1. The van der Waals surface area contributed by atoms with Gasteiger partial charge in [-0.15, -0.1) is 16.7 Å². The zero-order valence-electron chi connectivity index (χ0n) is 11.5. The maximum absolute atomic E-state index is 12.0.